The van der Waals surface area contributed by atoms with Gasteiger partial charge in [0.2, 0.25) is 0 Å². The van der Waals surface area contributed by atoms with Gasteiger partial charge in [0.25, 0.3) is 0 Å². The molecule has 0 spiro atoms. The van der Waals surface area contributed by atoms with Crippen LogP contribution < -0.4 is 0 Å². The van der Waals surface area contributed by atoms with Crippen LogP contribution in [0, 0.1) is 0 Å². The monoisotopic (exact) mass is 176 g/mol. The molecule has 0 aliphatic carbocycles. The number of aliphatic hydroxyl groups is 1. The standard InChI is InChI=1S/C12H16O/c1-3-7-12(10(2)13)11-8-5-4-6-9-11/h3-6,8-10,12-13H,1,7H2,2H3. The van der Waals surface area contributed by atoms with Crippen LogP contribution in [0.4, 0.5) is 0 Å². The van der Waals surface area contributed by atoms with Gasteiger partial charge in [0.05, 0.1) is 6.10 Å². The summed E-state index contributed by atoms with van der Waals surface area (Å²) in [6.45, 7) is 5.52. The molecule has 0 aliphatic heterocycles. The van der Waals surface area contributed by atoms with Crippen LogP contribution in [0.5, 0.6) is 0 Å². The lowest BCUT2D eigenvalue weighted by molar-refractivity contribution is 0.162. The van der Waals surface area contributed by atoms with Gasteiger partial charge in [0.1, 0.15) is 0 Å². The molecule has 1 rings (SSSR count). The number of aliphatic hydroxyl groups excluding tert-OH is 1. The third-order valence-electron chi connectivity index (χ3n) is 2.23. The van der Waals surface area contributed by atoms with E-state index in [4.69, 9.17) is 0 Å². The van der Waals surface area contributed by atoms with Crippen LogP contribution in [0.15, 0.2) is 43.0 Å². The smallest absolute Gasteiger partial charge is 0.0583 e. The van der Waals surface area contributed by atoms with Crippen molar-refractivity contribution in [2.45, 2.75) is 25.4 Å². The van der Waals surface area contributed by atoms with E-state index in [0.717, 1.165) is 6.42 Å². The molecule has 0 amide bonds. The maximum atomic E-state index is 9.55. The van der Waals surface area contributed by atoms with Crippen molar-refractivity contribution < 1.29 is 5.11 Å². The summed E-state index contributed by atoms with van der Waals surface area (Å²) < 4.78 is 0. The fraction of sp³-hybridized carbons (Fsp3) is 0.333. The first-order chi connectivity index (χ1) is 6.25. The largest absolute Gasteiger partial charge is 0.393 e. The van der Waals surface area contributed by atoms with Crippen molar-refractivity contribution >= 4 is 0 Å². The normalized spacial score (nSPS) is 14.9. The maximum Gasteiger partial charge on any atom is 0.0583 e. The van der Waals surface area contributed by atoms with Crippen LogP contribution in [0.1, 0.15) is 24.8 Å². The van der Waals surface area contributed by atoms with Crippen molar-refractivity contribution in [2.75, 3.05) is 0 Å². The third-order valence-corrected chi connectivity index (χ3v) is 2.23. The Labute approximate surface area is 79.7 Å². The van der Waals surface area contributed by atoms with E-state index < -0.39 is 0 Å². The van der Waals surface area contributed by atoms with E-state index in [9.17, 15) is 5.11 Å². The van der Waals surface area contributed by atoms with Gasteiger partial charge in [0.15, 0.2) is 0 Å². The van der Waals surface area contributed by atoms with E-state index in [1.165, 1.54) is 5.56 Å². The molecule has 1 aromatic carbocycles. The zero-order chi connectivity index (χ0) is 9.68. The van der Waals surface area contributed by atoms with E-state index in [1.54, 1.807) is 0 Å². The first-order valence-corrected chi connectivity index (χ1v) is 4.59. The minimum Gasteiger partial charge on any atom is -0.393 e. The summed E-state index contributed by atoms with van der Waals surface area (Å²) in [6, 6.07) is 10.1. The highest BCUT2D eigenvalue weighted by molar-refractivity contribution is 5.21. The van der Waals surface area contributed by atoms with Crippen molar-refractivity contribution in [3.05, 3.63) is 48.6 Å². The molecule has 0 aromatic heterocycles. The molecule has 2 atom stereocenters. The minimum atomic E-state index is -0.319. The number of hydrogen-bond acceptors (Lipinski definition) is 1. The summed E-state index contributed by atoms with van der Waals surface area (Å²) >= 11 is 0. The van der Waals surface area contributed by atoms with Crippen LogP contribution in [-0.4, -0.2) is 11.2 Å². The topological polar surface area (TPSA) is 20.2 Å². The molecule has 0 fully saturated rings. The second-order valence-corrected chi connectivity index (χ2v) is 3.28. The summed E-state index contributed by atoms with van der Waals surface area (Å²) in [4.78, 5) is 0. The average Bonchev–Trinajstić information content (AvgIpc) is 2.15. The van der Waals surface area contributed by atoms with Gasteiger partial charge >= 0.3 is 0 Å². The molecule has 1 heteroatoms. The van der Waals surface area contributed by atoms with Gasteiger partial charge in [0, 0.05) is 5.92 Å². The zero-order valence-electron chi connectivity index (χ0n) is 7.98. The van der Waals surface area contributed by atoms with Gasteiger partial charge in [-0.2, -0.15) is 0 Å². The molecule has 1 aromatic rings. The number of benzene rings is 1. The van der Waals surface area contributed by atoms with Gasteiger partial charge in [-0.3, -0.25) is 0 Å². The molecule has 2 unspecified atom stereocenters. The molecule has 70 valence electrons. The Morgan fingerprint density at radius 3 is 2.46 bits per heavy atom. The van der Waals surface area contributed by atoms with Crippen LogP contribution in [0.3, 0.4) is 0 Å². The lowest BCUT2D eigenvalue weighted by atomic mass is 9.91. The molecule has 1 N–H and O–H groups in total. The van der Waals surface area contributed by atoms with Crippen molar-refractivity contribution in [1.82, 2.24) is 0 Å². The molecular weight excluding hydrogens is 160 g/mol. The second-order valence-electron chi connectivity index (χ2n) is 3.28. The maximum absolute atomic E-state index is 9.55. The van der Waals surface area contributed by atoms with Gasteiger partial charge < -0.3 is 5.11 Å². The van der Waals surface area contributed by atoms with Crippen LogP contribution in [-0.2, 0) is 0 Å². The van der Waals surface area contributed by atoms with Gasteiger partial charge in [-0.05, 0) is 18.9 Å². The molecule has 0 bridgehead atoms. The van der Waals surface area contributed by atoms with E-state index >= 15 is 0 Å². The first kappa shape index (κ1) is 10.0. The number of allylic oxidation sites excluding steroid dienone is 1. The summed E-state index contributed by atoms with van der Waals surface area (Å²) in [5.41, 5.74) is 1.18. The Bertz CT molecular complexity index is 251. The van der Waals surface area contributed by atoms with Crippen LogP contribution in [0.25, 0.3) is 0 Å². The van der Waals surface area contributed by atoms with Gasteiger partial charge in [-0.25, -0.2) is 0 Å². The zero-order valence-corrected chi connectivity index (χ0v) is 7.98. The SMILES string of the molecule is C=CCC(c1ccccc1)C(C)O. The summed E-state index contributed by atoms with van der Waals surface area (Å²) in [7, 11) is 0. The lowest BCUT2D eigenvalue weighted by Gasteiger charge is -2.18. The third kappa shape index (κ3) is 2.71. The predicted octanol–water partition coefficient (Wildman–Crippen LogP) is 2.73. The van der Waals surface area contributed by atoms with Gasteiger partial charge in [-0.15, -0.1) is 6.58 Å². The molecule has 0 radical (unpaired) electrons. The lowest BCUT2D eigenvalue weighted by Crippen LogP contribution is -2.13. The van der Waals surface area contributed by atoms with E-state index in [2.05, 4.69) is 6.58 Å². The quantitative estimate of drug-likeness (QED) is 0.699. The molecule has 13 heavy (non-hydrogen) atoms. The Hall–Kier alpha value is -1.08. The Kier molecular flexibility index (Phi) is 3.71. The fourth-order valence-corrected chi connectivity index (χ4v) is 1.49. The molecule has 1 nitrogen and oxygen atoms in total. The molecular formula is C12H16O. The molecule has 0 heterocycles. The van der Waals surface area contributed by atoms with E-state index in [0.29, 0.717) is 0 Å². The highest BCUT2D eigenvalue weighted by Gasteiger charge is 2.14. The number of rotatable bonds is 4. The van der Waals surface area contributed by atoms with E-state index in [1.807, 2.05) is 43.3 Å². The minimum absolute atomic E-state index is 0.179. The first-order valence-electron chi connectivity index (χ1n) is 4.59. The highest BCUT2D eigenvalue weighted by atomic mass is 16.3. The predicted molar refractivity (Wildman–Crippen MR) is 55.7 cm³/mol. The Morgan fingerprint density at radius 2 is 2.00 bits per heavy atom. The van der Waals surface area contributed by atoms with Gasteiger partial charge in [-0.1, -0.05) is 36.4 Å². The van der Waals surface area contributed by atoms with Crippen LogP contribution in [0.2, 0.25) is 0 Å². The van der Waals surface area contributed by atoms with Crippen molar-refractivity contribution in [1.29, 1.82) is 0 Å². The van der Waals surface area contributed by atoms with E-state index in [-0.39, 0.29) is 12.0 Å². The van der Waals surface area contributed by atoms with Crippen molar-refractivity contribution in [3.63, 3.8) is 0 Å². The molecule has 0 saturated carbocycles. The summed E-state index contributed by atoms with van der Waals surface area (Å²) in [5.74, 6) is 0.179. The fourth-order valence-electron chi connectivity index (χ4n) is 1.49. The number of hydrogen-bond donors (Lipinski definition) is 1. The second kappa shape index (κ2) is 4.83. The van der Waals surface area contributed by atoms with Crippen LogP contribution >= 0.6 is 0 Å². The average molecular weight is 176 g/mol. The van der Waals surface area contributed by atoms with Crippen molar-refractivity contribution in [3.8, 4) is 0 Å². The summed E-state index contributed by atoms with van der Waals surface area (Å²) in [6.07, 6.45) is 2.35. The molecule has 0 saturated heterocycles. The van der Waals surface area contributed by atoms with Crippen molar-refractivity contribution in [2.24, 2.45) is 0 Å². The highest BCUT2D eigenvalue weighted by Crippen LogP contribution is 2.23. The summed E-state index contributed by atoms with van der Waals surface area (Å²) in [5, 5.41) is 9.55. The molecule has 0 aliphatic rings. The Balaban J connectivity index is 2.82. The Morgan fingerprint density at radius 1 is 1.38 bits per heavy atom.